The largest absolute Gasteiger partial charge is 0.294 e. The number of carbonyl (C=O) groups excluding carboxylic acids is 1. The van der Waals surface area contributed by atoms with Gasteiger partial charge in [0, 0.05) is 19.2 Å². The van der Waals surface area contributed by atoms with E-state index >= 15 is 0 Å². The molecule has 0 unspecified atom stereocenters. The molecule has 0 aromatic carbocycles. The van der Waals surface area contributed by atoms with Crippen molar-refractivity contribution >= 4 is 17.5 Å². The van der Waals surface area contributed by atoms with Gasteiger partial charge in [0.1, 0.15) is 0 Å². The monoisotopic (exact) mass is 226 g/mol. The van der Waals surface area contributed by atoms with Gasteiger partial charge in [0.25, 0.3) is 0 Å². The van der Waals surface area contributed by atoms with Crippen molar-refractivity contribution in [1.29, 1.82) is 0 Å². The summed E-state index contributed by atoms with van der Waals surface area (Å²) in [6.45, 7) is 4.94. The zero-order valence-corrected chi connectivity index (χ0v) is 10.2. The van der Waals surface area contributed by atoms with E-state index in [0.717, 1.165) is 24.3 Å². The highest BCUT2D eigenvalue weighted by Crippen LogP contribution is 2.05. The summed E-state index contributed by atoms with van der Waals surface area (Å²) in [6.07, 6.45) is 5.18. The first-order valence-corrected chi connectivity index (χ1v) is 6.56. The predicted molar refractivity (Wildman–Crippen MR) is 64.5 cm³/mol. The highest BCUT2D eigenvalue weighted by atomic mass is 32.2. The summed E-state index contributed by atoms with van der Waals surface area (Å²) in [5.41, 5.74) is 0.737. The topological polar surface area (TPSA) is 34.9 Å². The molecule has 1 rings (SSSR count). The van der Waals surface area contributed by atoms with E-state index in [1.807, 2.05) is 29.6 Å². The SMILES string of the molecule is CCSCCCn1cc(C(=O)CC)cn1. The Morgan fingerprint density at radius 2 is 2.33 bits per heavy atom. The number of ketones is 1. The van der Waals surface area contributed by atoms with E-state index in [1.54, 1.807) is 6.20 Å². The second kappa shape index (κ2) is 6.67. The van der Waals surface area contributed by atoms with Crippen molar-refractivity contribution in [3.05, 3.63) is 18.0 Å². The van der Waals surface area contributed by atoms with E-state index in [9.17, 15) is 4.79 Å². The zero-order chi connectivity index (χ0) is 11.1. The molecule has 4 heteroatoms. The average Bonchev–Trinajstić information content (AvgIpc) is 2.72. The van der Waals surface area contributed by atoms with Gasteiger partial charge in [-0.05, 0) is 17.9 Å². The summed E-state index contributed by atoms with van der Waals surface area (Å²) in [4.78, 5) is 11.3. The fourth-order valence-corrected chi connectivity index (χ4v) is 1.93. The molecular weight excluding hydrogens is 208 g/mol. The molecule has 0 bridgehead atoms. The highest BCUT2D eigenvalue weighted by molar-refractivity contribution is 7.99. The molecule has 0 spiro atoms. The summed E-state index contributed by atoms with van der Waals surface area (Å²) >= 11 is 1.94. The van der Waals surface area contributed by atoms with Crippen LogP contribution in [0.2, 0.25) is 0 Å². The molecule has 0 amide bonds. The third-order valence-electron chi connectivity index (χ3n) is 2.16. The Morgan fingerprint density at radius 1 is 1.53 bits per heavy atom. The molecule has 0 N–H and O–H groups in total. The Hall–Kier alpha value is -0.770. The van der Waals surface area contributed by atoms with Gasteiger partial charge in [-0.2, -0.15) is 16.9 Å². The van der Waals surface area contributed by atoms with Crippen LogP contribution >= 0.6 is 11.8 Å². The van der Waals surface area contributed by atoms with Crippen LogP contribution in [0.4, 0.5) is 0 Å². The van der Waals surface area contributed by atoms with Gasteiger partial charge in [0.05, 0.1) is 11.8 Å². The molecule has 0 aliphatic rings. The molecule has 0 fully saturated rings. The summed E-state index contributed by atoms with van der Waals surface area (Å²) < 4.78 is 1.86. The van der Waals surface area contributed by atoms with Crippen molar-refractivity contribution in [3.8, 4) is 0 Å². The zero-order valence-electron chi connectivity index (χ0n) is 9.40. The molecule has 84 valence electrons. The minimum atomic E-state index is 0.171. The number of hydrogen-bond donors (Lipinski definition) is 0. The van der Waals surface area contributed by atoms with Gasteiger partial charge in [-0.25, -0.2) is 0 Å². The summed E-state index contributed by atoms with van der Waals surface area (Å²) in [5.74, 6) is 2.50. The van der Waals surface area contributed by atoms with Crippen LogP contribution in [0.3, 0.4) is 0 Å². The molecule has 0 atom stereocenters. The maximum absolute atomic E-state index is 11.3. The van der Waals surface area contributed by atoms with Crippen molar-refractivity contribution in [2.75, 3.05) is 11.5 Å². The van der Waals surface area contributed by atoms with Crippen molar-refractivity contribution in [3.63, 3.8) is 0 Å². The van der Waals surface area contributed by atoms with Gasteiger partial charge in [-0.3, -0.25) is 9.48 Å². The molecule has 0 saturated heterocycles. The third-order valence-corrected chi connectivity index (χ3v) is 3.14. The van der Waals surface area contributed by atoms with Gasteiger partial charge >= 0.3 is 0 Å². The van der Waals surface area contributed by atoms with Gasteiger partial charge in [-0.15, -0.1) is 0 Å². The first-order valence-electron chi connectivity index (χ1n) is 5.41. The van der Waals surface area contributed by atoms with E-state index in [-0.39, 0.29) is 5.78 Å². The Morgan fingerprint density at radius 3 is 3.00 bits per heavy atom. The maximum Gasteiger partial charge on any atom is 0.165 e. The van der Waals surface area contributed by atoms with Crippen LogP contribution in [0.25, 0.3) is 0 Å². The molecule has 1 heterocycles. The minimum absolute atomic E-state index is 0.171. The minimum Gasteiger partial charge on any atom is -0.294 e. The lowest BCUT2D eigenvalue weighted by Gasteiger charge is -1.99. The molecule has 0 saturated carbocycles. The van der Waals surface area contributed by atoms with Gasteiger partial charge in [0.2, 0.25) is 0 Å². The molecule has 15 heavy (non-hydrogen) atoms. The molecular formula is C11H18N2OS. The summed E-state index contributed by atoms with van der Waals surface area (Å²) in [6, 6.07) is 0. The van der Waals surface area contributed by atoms with Gasteiger partial charge < -0.3 is 0 Å². The molecule has 0 aliphatic heterocycles. The van der Waals surface area contributed by atoms with E-state index in [0.29, 0.717) is 6.42 Å². The van der Waals surface area contributed by atoms with Crippen LogP contribution in [-0.4, -0.2) is 27.1 Å². The summed E-state index contributed by atoms with van der Waals surface area (Å²) in [5, 5.41) is 4.17. The van der Waals surface area contributed by atoms with E-state index in [2.05, 4.69) is 12.0 Å². The number of Topliss-reactive ketones (excluding diaryl/α,β-unsaturated/α-hetero) is 1. The lowest BCUT2D eigenvalue weighted by atomic mass is 10.2. The lowest BCUT2D eigenvalue weighted by Crippen LogP contribution is -2.00. The van der Waals surface area contributed by atoms with Gasteiger partial charge in [-0.1, -0.05) is 13.8 Å². The Kier molecular flexibility index (Phi) is 5.47. The van der Waals surface area contributed by atoms with E-state index in [1.165, 1.54) is 5.75 Å². The number of hydrogen-bond acceptors (Lipinski definition) is 3. The van der Waals surface area contributed by atoms with Crippen molar-refractivity contribution in [2.24, 2.45) is 0 Å². The smallest absolute Gasteiger partial charge is 0.165 e. The van der Waals surface area contributed by atoms with Crippen LogP contribution in [-0.2, 0) is 6.54 Å². The Balaban J connectivity index is 2.36. The predicted octanol–water partition coefficient (Wildman–Crippen LogP) is 2.62. The first-order chi connectivity index (χ1) is 7.27. The maximum atomic E-state index is 11.3. The van der Waals surface area contributed by atoms with E-state index in [4.69, 9.17) is 0 Å². The fourth-order valence-electron chi connectivity index (χ4n) is 1.31. The van der Waals surface area contributed by atoms with Crippen molar-refractivity contribution in [2.45, 2.75) is 33.2 Å². The number of thioether (sulfide) groups is 1. The normalized spacial score (nSPS) is 10.5. The number of aryl methyl sites for hydroxylation is 1. The number of aromatic nitrogens is 2. The quantitative estimate of drug-likeness (QED) is 0.529. The van der Waals surface area contributed by atoms with Gasteiger partial charge in [0.15, 0.2) is 5.78 Å². The Bertz CT molecular complexity index is 309. The second-order valence-corrected chi connectivity index (χ2v) is 4.71. The number of carbonyl (C=O) groups is 1. The van der Waals surface area contributed by atoms with Crippen molar-refractivity contribution < 1.29 is 4.79 Å². The van der Waals surface area contributed by atoms with Crippen LogP contribution in [0.15, 0.2) is 12.4 Å². The van der Waals surface area contributed by atoms with Crippen LogP contribution in [0.5, 0.6) is 0 Å². The average molecular weight is 226 g/mol. The van der Waals surface area contributed by atoms with Crippen LogP contribution in [0, 0.1) is 0 Å². The van der Waals surface area contributed by atoms with Crippen LogP contribution in [0.1, 0.15) is 37.0 Å². The molecule has 1 aromatic heterocycles. The molecule has 0 radical (unpaired) electrons. The number of nitrogens with zero attached hydrogens (tertiary/aromatic N) is 2. The van der Waals surface area contributed by atoms with Crippen LogP contribution < -0.4 is 0 Å². The fraction of sp³-hybridized carbons (Fsp3) is 0.636. The Labute approximate surface area is 95.2 Å². The third kappa shape index (κ3) is 4.08. The summed E-state index contributed by atoms with van der Waals surface area (Å²) in [7, 11) is 0. The molecule has 1 aromatic rings. The number of rotatable bonds is 7. The van der Waals surface area contributed by atoms with Crippen molar-refractivity contribution in [1.82, 2.24) is 9.78 Å². The first kappa shape index (κ1) is 12.3. The highest BCUT2D eigenvalue weighted by Gasteiger charge is 2.05. The lowest BCUT2D eigenvalue weighted by molar-refractivity contribution is 0.0988. The standard InChI is InChI=1S/C11H18N2OS/c1-3-11(14)10-8-12-13(9-10)6-5-7-15-4-2/h8-9H,3-7H2,1-2H3. The van der Waals surface area contributed by atoms with E-state index < -0.39 is 0 Å². The molecule has 3 nitrogen and oxygen atoms in total. The second-order valence-electron chi connectivity index (χ2n) is 3.32. The molecule has 0 aliphatic carbocycles.